The number of aromatic carboxylic acids is 1. The van der Waals surface area contributed by atoms with E-state index in [0.29, 0.717) is 11.3 Å². The van der Waals surface area contributed by atoms with Crippen LogP contribution in [0, 0.1) is 11.7 Å². The minimum absolute atomic E-state index is 0.0210. The monoisotopic (exact) mass is 363 g/mol. The lowest BCUT2D eigenvalue weighted by atomic mass is 10.1. The predicted molar refractivity (Wildman–Crippen MR) is 90.5 cm³/mol. The molecule has 0 spiro atoms. The van der Waals surface area contributed by atoms with Crippen molar-refractivity contribution in [1.29, 1.82) is 0 Å². The summed E-state index contributed by atoms with van der Waals surface area (Å²) in [7, 11) is 0. The molecule has 1 aliphatic carbocycles. The van der Waals surface area contributed by atoms with Crippen molar-refractivity contribution < 1.29 is 23.8 Å². The van der Waals surface area contributed by atoms with Crippen molar-refractivity contribution in [3.8, 4) is 5.75 Å². The number of anilines is 1. The van der Waals surface area contributed by atoms with Crippen LogP contribution >= 0.6 is 11.6 Å². The Hall–Kier alpha value is -2.60. The van der Waals surface area contributed by atoms with Gasteiger partial charge in [0.05, 0.1) is 16.3 Å². The molecule has 0 aromatic heterocycles. The van der Waals surface area contributed by atoms with Crippen LogP contribution in [-0.4, -0.2) is 17.0 Å². The molecule has 2 aromatic rings. The second-order valence-corrected chi connectivity index (χ2v) is 6.22. The Labute approximate surface area is 148 Å². The number of carbonyl (C=O) groups is 2. The van der Waals surface area contributed by atoms with E-state index in [9.17, 15) is 19.1 Å². The van der Waals surface area contributed by atoms with Gasteiger partial charge in [-0.15, -0.1) is 0 Å². The van der Waals surface area contributed by atoms with Crippen LogP contribution in [-0.2, 0) is 11.4 Å². The number of hydrogen-bond donors (Lipinski definition) is 2. The average Bonchev–Trinajstić information content (AvgIpc) is 3.41. The molecule has 0 aliphatic heterocycles. The molecular formula is C18H15ClFNO4. The Morgan fingerprint density at radius 1 is 1.24 bits per heavy atom. The summed E-state index contributed by atoms with van der Waals surface area (Å²) in [4.78, 5) is 23.2. The van der Waals surface area contributed by atoms with Crippen LogP contribution in [0.4, 0.5) is 10.1 Å². The van der Waals surface area contributed by atoms with Crippen molar-refractivity contribution in [1.82, 2.24) is 0 Å². The van der Waals surface area contributed by atoms with E-state index >= 15 is 0 Å². The third-order valence-corrected chi connectivity index (χ3v) is 4.12. The van der Waals surface area contributed by atoms with Crippen molar-refractivity contribution in [3.63, 3.8) is 0 Å². The molecular weight excluding hydrogens is 349 g/mol. The number of benzene rings is 2. The second-order valence-electron chi connectivity index (χ2n) is 5.81. The highest BCUT2D eigenvalue weighted by molar-refractivity contribution is 6.30. The standard InChI is InChI=1S/C18H15ClFNO4/c19-14-5-1-10(7-15(14)20)9-25-12-4-6-16(13(8-12)18(23)24)21-17(22)11-2-3-11/h1,4-8,11H,2-3,9H2,(H,21,22)(H,23,24). The van der Waals surface area contributed by atoms with E-state index < -0.39 is 11.8 Å². The van der Waals surface area contributed by atoms with E-state index in [2.05, 4.69) is 5.32 Å². The zero-order valence-electron chi connectivity index (χ0n) is 13.1. The van der Waals surface area contributed by atoms with Gasteiger partial charge in [-0.05, 0) is 48.7 Å². The predicted octanol–water partition coefficient (Wildman–Crippen LogP) is 4.10. The lowest BCUT2D eigenvalue weighted by molar-refractivity contribution is -0.117. The quantitative estimate of drug-likeness (QED) is 0.810. The van der Waals surface area contributed by atoms with Crippen LogP contribution < -0.4 is 10.1 Å². The first-order valence-electron chi connectivity index (χ1n) is 7.69. The molecule has 130 valence electrons. The lowest BCUT2D eigenvalue weighted by Gasteiger charge is -2.11. The van der Waals surface area contributed by atoms with Crippen LogP contribution in [0.1, 0.15) is 28.8 Å². The molecule has 0 heterocycles. The average molecular weight is 364 g/mol. The van der Waals surface area contributed by atoms with Crippen LogP contribution in [0.3, 0.4) is 0 Å². The molecule has 1 saturated carbocycles. The van der Waals surface area contributed by atoms with Gasteiger partial charge in [0, 0.05) is 5.92 Å². The second kappa shape index (κ2) is 7.11. The third kappa shape index (κ3) is 4.28. The Morgan fingerprint density at radius 3 is 2.64 bits per heavy atom. The van der Waals surface area contributed by atoms with Crippen molar-refractivity contribution in [2.24, 2.45) is 5.92 Å². The third-order valence-electron chi connectivity index (χ3n) is 3.82. The van der Waals surface area contributed by atoms with Gasteiger partial charge in [-0.25, -0.2) is 9.18 Å². The number of carboxylic acids is 1. The maximum absolute atomic E-state index is 13.4. The molecule has 0 bridgehead atoms. The summed E-state index contributed by atoms with van der Waals surface area (Å²) in [5.41, 5.74) is 0.730. The van der Waals surface area contributed by atoms with Gasteiger partial charge in [0.2, 0.25) is 5.91 Å². The summed E-state index contributed by atoms with van der Waals surface area (Å²) in [6, 6.07) is 8.67. The molecule has 5 nitrogen and oxygen atoms in total. The Kier molecular flexibility index (Phi) is 4.90. The molecule has 7 heteroatoms. The molecule has 2 N–H and O–H groups in total. The fourth-order valence-corrected chi connectivity index (χ4v) is 2.39. The highest BCUT2D eigenvalue weighted by atomic mass is 35.5. The topological polar surface area (TPSA) is 75.6 Å². The van der Waals surface area contributed by atoms with Crippen LogP contribution in [0.2, 0.25) is 5.02 Å². The fourth-order valence-electron chi connectivity index (χ4n) is 2.28. The first-order valence-corrected chi connectivity index (χ1v) is 8.07. The van der Waals surface area contributed by atoms with E-state index in [0.717, 1.165) is 12.8 Å². The van der Waals surface area contributed by atoms with Gasteiger partial charge in [-0.1, -0.05) is 17.7 Å². The van der Waals surface area contributed by atoms with Crippen LogP contribution in [0.25, 0.3) is 0 Å². The number of amides is 1. The van der Waals surface area contributed by atoms with E-state index in [1.165, 1.54) is 24.3 Å². The van der Waals surface area contributed by atoms with Crippen LogP contribution in [0.5, 0.6) is 5.75 Å². The molecule has 1 amide bonds. The Bertz CT molecular complexity index is 836. The zero-order valence-corrected chi connectivity index (χ0v) is 13.8. The number of halogens is 2. The number of carboxylic acid groups (broad SMARTS) is 1. The Balaban J connectivity index is 1.73. The summed E-state index contributed by atoms with van der Waals surface area (Å²) in [6.45, 7) is 0.0565. The Morgan fingerprint density at radius 2 is 2.00 bits per heavy atom. The molecule has 1 fully saturated rings. The molecule has 0 atom stereocenters. The van der Waals surface area contributed by atoms with Crippen molar-refractivity contribution in [2.45, 2.75) is 19.4 Å². The molecule has 3 rings (SSSR count). The van der Waals surface area contributed by atoms with Crippen molar-refractivity contribution in [3.05, 3.63) is 58.4 Å². The number of hydrogen-bond acceptors (Lipinski definition) is 3. The normalized spacial score (nSPS) is 13.4. The molecule has 25 heavy (non-hydrogen) atoms. The number of ether oxygens (including phenoxy) is 1. The number of rotatable bonds is 6. The summed E-state index contributed by atoms with van der Waals surface area (Å²) < 4.78 is 18.9. The maximum atomic E-state index is 13.4. The molecule has 0 radical (unpaired) electrons. The molecule has 1 aliphatic rings. The molecule has 2 aromatic carbocycles. The van der Waals surface area contributed by atoms with Crippen LogP contribution in [0.15, 0.2) is 36.4 Å². The van der Waals surface area contributed by atoms with Crippen molar-refractivity contribution in [2.75, 3.05) is 5.32 Å². The first-order chi connectivity index (χ1) is 11.9. The van der Waals surface area contributed by atoms with E-state index in [4.69, 9.17) is 16.3 Å². The lowest BCUT2D eigenvalue weighted by Crippen LogP contribution is -2.16. The maximum Gasteiger partial charge on any atom is 0.337 e. The fraction of sp³-hybridized carbons (Fsp3) is 0.222. The van der Waals surface area contributed by atoms with Gasteiger partial charge in [-0.2, -0.15) is 0 Å². The number of nitrogens with one attached hydrogen (secondary N) is 1. The largest absolute Gasteiger partial charge is 0.489 e. The van der Waals surface area contributed by atoms with Gasteiger partial charge in [0.15, 0.2) is 0 Å². The zero-order chi connectivity index (χ0) is 18.0. The highest BCUT2D eigenvalue weighted by Gasteiger charge is 2.30. The first kappa shape index (κ1) is 17.2. The van der Waals surface area contributed by atoms with Gasteiger partial charge < -0.3 is 15.2 Å². The van der Waals surface area contributed by atoms with E-state index in [1.807, 2.05) is 0 Å². The van der Waals surface area contributed by atoms with Gasteiger partial charge >= 0.3 is 5.97 Å². The van der Waals surface area contributed by atoms with Gasteiger partial charge in [0.1, 0.15) is 18.2 Å². The SMILES string of the molecule is O=C(O)c1cc(OCc2ccc(Cl)c(F)c2)ccc1NC(=O)C1CC1. The van der Waals surface area contributed by atoms with E-state index in [-0.39, 0.29) is 34.7 Å². The smallest absolute Gasteiger partial charge is 0.337 e. The molecule has 0 saturated heterocycles. The van der Waals surface area contributed by atoms with E-state index in [1.54, 1.807) is 12.1 Å². The van der Waals surface area contributed by atoms with Gasteiger partial charge in [0.25, 0.3) is 0 Å². The minimum atomic E-state index is -1.17. The minimum Gasteiger partial charge on any atom is -0.489 e. The van der Waals surface area contributed by atoms with Gasteiger partial charge in [-0.3, -0.25) is 4.79 Å². The number of carbonyl (C=O) groups excluding carboxylic acids is 1. The molecule has 0 unspecified atom stereocenters. The summed E-state index contributed by atoms with van der Waals surface area (Å²) >= 11 is 5.62. The summed E-state index contributed by atoms with van der Waals surface area (Å²) in [5.74, 6) is -1.62. The summed E-state index contributed by atoms with van der Waals surface area (Å²) in [5, 5.41) is 12.0. The summed E-state index contributed by atoms with van der Waals surface area (Å²) in [6.07, 6.45) is 1.65. The highest BCUT2D eigenvalue weighted by Crippen LogP contribution is 2.31. The van der Waals surface area contributed by atoms with Crippen molar-refractivity contribution >= 4 is 29.2 Å².